The predicted octanol–water partition coefficient (Wildman–Crippen LogP) is 2.74. The molecule has 0 radical (unpaired) electrons. The Morgan fingerprint density at radius 3 is 2.81 bits per heavy atom. The summed E-state index contributed by atoms with van der Waals surface area (Å²) >= 11 is 8.89. The Bertz CT molecular complexity index is 401. The molecule has 88 valence electrons. The maximum Gasteiger partial charge on any atom is 0.313 e. The summed E-state index contributed by atoms with van der Waals surface area (Å²) in [4.78, 5) is 10.2. The number of benzene rings is 1. The Hall–Kier alpha value is -0.850. The van der Waals surface area contributed by atoms with Crippen LogP contribution in [0, 0.1) is 10.1 Å². The number of hydrogen-bond acceptors (Lipinski definition) is 4. The second-order valence-electron chi connectivity index (χ2n) is 2.98. The van der Waals surface area contributed by atoms with Crippen molar-refractivity contribution in [2.24, 2.45) is 5.73 Å². The zero-order valence-corrected chi connectivity index (χ0v) is 10.6. The lowest BCUT2D eigenvalue weighted by molar-refractivity contribution is -0.385. The minimum atomic E-state index is -0.533. The lowest BCUT2D eigenvalue weighted by Gasteiger charge is -2.08. The van der Waals surface area contributed by atoms with Crippen molar-refractivity contribution in [3.63, 3.8) is 0 Å². The van der Waals surface area contributed by atoms with E-state index in [2.05, 4.69) is 15.9 Å². The largest absolute Gasteiger partial charge is 0.486 e. The first kappa shape index (κ1) is 13.2. The molecule has 0 atom stereocenters. The Labute approximate surface area is 106 Å². The summed E-state index contributed by atoms with van der Waals surface area (Å²) in [7, 11) is 0. The van der Waals surface area contributed by atoms with Gasteiger partial charge in [0, 0.05) is 11.1 Å². The lowest BCUT2D eigenvalue weighted by Crippen LogP contribution is -2.07. The third kappa shape index (κ3) is 3.33. The average Bonchev–Trinajstić information content (AvgIpc) is 2.20. The predicted molar refractivity (Wildman–Crippen MR) is 65.0 cm³/mol. The molecule has 0 aromatic heterocycles. The first-order valence-corrected chi connectivity index (χ1v) is 5.69. The van der Waals surface area contributed by atoms with Crippen molar-refractivity contribution in [1.29, 1.82) is 0 Å². The molecule has 7 heteroatoms. The summed E-state index contributed by atoms with van der Waals surface area (Å²) < 4.78 is 5.76. The highest BCUT2D eigenvalue weighted by Gasteiger charge is 2.19. The summed E-state index contributed by atoms with van der Waals surface area (Å²) in [5.74, 6) is 0.183. The van der Waals surface area contributed by atoms with Crippen LogP contribution >= 0.6 is 27.5 Å². The van der Waals surface area contributed by atoms with Gasteiger partial charge in [0.1, 0.15) is 0 Å². The molecule has 1 rings (SSSR count). The van der Waals surface area contributed by atoms with Gasteiger partial charge in [-0.15, -0.1) is 0 Å². The molecular formula is C9H10BrClN2O3. The number of hydrogen-bond donors (Lipinski definition) is 1. The molecule has 2 N–H and O–H groups in total. The minimum Gasteiger partial charge on any atom is -0.486 e. The second kappa shape index (κ2) is 6.03. The summed E-state index contributed by atoms with van der Waals surface area (Å²) in [5.41, 5.74) is 5.15. The normalized spacial score (nSPS) is 10.2. The van der Waals surface area contributed by atoms with E-state index in [1.54, 1.807) is 6.07 Å². The third-order valence-corrected chi connectivity index (χ3v) is 2.59. The van der Waals surface area contributed by atoms with Gasteiger partial charge in [-0.05, 0) is 35.0 Å². The maximum absolute atomic E-state index is 10.8. The number of nitro groups is 1. The zero-order chi connectivity index (χ0) is 12.1. The first-order chi connectivity index (χ1) is 7.56. The van der Waals surface area contributed by atoms with Crippen molar-refractivity contribution in [2.75, 3.05) is 13.2 Å². The molecule has 0 aliphatic heterocycles. The Kier molecular flexibility index (Phi) is 4.98. The van der Waals surface area contributed by atoms with Crippen LogP contribution in [-0.2, 0) is 0 Å². The van der Waals surface area contributed by atoms with Crippen LogP contribution in [0.5, 0.6) is 5.75 Å². The van der Waals surface area contributed by atoms with E-state index in [-0.39, 0.29) is 16.5 Å². The van der Waals surface area contributed by atoms with E-state index in [0.29, 0.717) is 24.0 Å². The molecule has 0 heterocycles. The molecule has 0 spiro atoms. The van der Waals surface area contributed by atoms with Crippen LogP contribution in [0.3, 0.4) is 0 Å². The molecule has 0 bridgehead atoms. The van der Waals surface area contributed by atoms with Gasteiger partial charge in [-0.3, -0.25) is 10.1 Å². The molecule has 0 aliphatic rings. The molecule has 16 heavy (non-hydrogen) atoms. The molecule has 1 aromatic carbocycles. The zero-order valence-electron chi connectivity index (χ0n) is 8.28. The van der Waals surface area contributed by atoms with E-state index in [1.807, 2.05) is 0 Å². The van der Waals surface area contributed by atoms with Crippen LogP contribution in [0.15, 0.2) is 16.6 Å². The molecule has 0 amide bonds. The number of nitrogens with two attached hydrogens (primary N) is 1. The van der Waals surface area contributed by atoms with Gasteiger partial charge in [0.2, 0.25) is 5.75 Å². The Balaban J connectivity index is 2.99. The van der Waals surface area contributed by atoms with Crippen LogP contribution in [-0.4, -0.2) is 18.1 Å². The highest BCUT2D eigenvalue weighted by Crippen LogP contribution is 2.37. The SMILES string of the molecule is NCCCOc1c(Br)cc(Cl)cc1[N+](=O)[O-]. The fourth-order valence-corrected chi connectivity index (χ4v) is 1.99. The van der Waals surface area contributed by atoms with Gasteiger partial charge in [-0.2, -0.15) is 0 Å². The molecule has 5 nitrogen and oxygen atoms in total. The summed E-state index contributed by atoms with van der Waals surface area (Å²) in [5, 5.41) is 11.1. The van der Waals surface area contributed by atoms with Crippen LogP contribution < -0.4 is 10.5 Å². The third-order valence-electron chi connectivity index (χ3n) is 1.78. The number of nitrogens with zero attached hydrogens (tertiary/aromatic N) is 1. The van der Waals surface area contributed by atoms with Crippen molar-refractivity contribution in [2.45, 2.75) is 6.42 Å². The summed E-state index contributed by atoms with van der Waals surface area (Å²) in [6, 6.07) is 2.80. The monoisotopic (exact) mass is 308 g/mol. The van der Waals surface area contributed by atoms with Crippen LogP contribution in [0.1, 0.15) is 6.42 Å². The van der Waals surface area contributed by atoms with Crippen molar-refractivity contribution in [1.82, 2.24) is 0 Å². The van der Waals surface area contributed by atoms with E-state index in [4.69, 9.17) is 22.1 Å². The average molecular weight is 310 g/mol. The fraction of sp³-hybridized carbons (Fsp3) is 0.333. The molecular weight excluding hydrogens is 299 g/mol. The smallest absolute Gasteiger partial charge is 0.313 e. The van der Waals surface area contributed by atoms with Gasteiger partial charge in [0.05, 0.1) is 16.0 Å². The van der Waals surface area contributed by atoms with Gasteiger partial charge in [-0.25, -0.2) is 0 Å². The topological polar surface area (TPSA) is 78.4 Å². The van der Waals surface area contributed by atoms with E-state index >= 15 is 0 Å². The van der Waals surface area contributed by atoms with Crippen molar-refractivity contribution in [3.05, 3.63) is 31.7 Å². The summed E-state index contributed by atoms with van der Waals surface area (Å²) in [6.45, 7) is 0.802. The summed E-state index contributed by atoms with van der Waals surface area (Å²) in [6.07, 6.45) is 0.631. The van der Waals surface area contributed by atoms with Gasteiger partial charge in [-0.1, -0.05) is 11.6 Å². The minimum absolute atomic E-state index is 0.156. The van der Waals surface area contributed by atoms with Gasteiger partial charge < -0.3 is 10.5 Å². The molecule has 0 unspecified atom stereocenters. The molecule has 1 aromatic rings. The van der Waals surface area contributed by atoms with Crippen molar-refractivity contribution >= 4 is 33.2 Å². The van der Waals surface area contributed by atoms with Crippen LogP contribution in [0.2, 0.25) is 5.02 Å². The lowest BCUT2D eigenvalue weighted by atomic mass is 10.3. The van der Waals surface area contributed by atoms with E-state index in [9.17, 15) is 10.1 Å². The van der Waals surface area contributed by atoms with Gasteiger partial charge in [0.15, 0.2) is 0 Å². The standard InChI is InChI=1S/C9H10BrClN2O3/c10-7-4-6(11)5-8(13(14)15)9(7)16-3-1-2-12/h4-5H,1-3,12H2. The number of ether oxygens (including phenoxy) is 1. The molecule has 0 saturated carbocycles. The van der Waals surface area contributed by atoms with E-state index in [0.717, 1.165) is 0 Å². The highest BCUT2D eigenvalue weighted by molar-refractivity contribution is 9.10. The Morgan fingerprint density at radius 1 is 1.56 bits per heavy atom. The van der Waals surface area contributed by atoms with Crippen molar-refractivity contribution < 1.29 is 9.66 Å². The Morgan fingerprint density at radius 2 is 2.25 bits per heavy atom. The fourth-order valence-electron chi connectivity index (χ4n) is 1.08. The quantitative estimate of drug-likeness (QED) is 0.515. The maximum atomic E-state index is 10.8. The molecule has 0 saturated heterocycles. The first-order valence-electron chi connectivity index (χ1n) is 4.52. The van der Waals surface area contributed by atoms with E-state index < -0.39 is 4.92 Å². The number of halogens is 2. The van der Waals surface area contributed by atoms with Gasteiger partial charge >= 0.3 is 5.69 Å². The molecule has 0 aliphatic carbocycles. The number of rotatable bonds is 5. The molecule has 0 fully saturated rings. The number of nitro benzene ring substituents is 1. The highest BCUT2D eigenvalue weighted by atomic mass is 79.9. The van der Waals surface area contributed by atoms with Crippen molar-refractivity contribution in [3.8, 4) is 5.75 Å². The second-order valence-corrected chi connectivity index (χ2v) is 4.27. The van der Waals surface area contributed by atoms with E-state index in [1.165, 1.54) is 6.07 Å². The van der Waals surface area contributed by atoms with Crippen LogP contribution in [0.25, 0.3) is 0 Å². The van der Waals surface area contributed by atoms with Crippen LogP contribution in [0.4, 0.5) is 5.69 Å². The van der Waals surface area contributed by atoms with Gasteiger partial charge in [0.25, 0.3) is 0 Å².